The van der Waals surface area contributed by atoms with Crippen LogP contribution < -0.4 is 0 Å². The Morgan fingerprint density at radius 2 is 1.69 bits per heavy atom. The van der Waals surface area contributed by atoms with Crippen molar-refractivity contribution in [2.45, 2.75) is 38.1 Å². The third-order valence-corrected chi connectivity index (χ3v) is 4.32. The predicted molar refractivity (Wildman–Crippen MR) is 68.8 cm³/mol. The Labute approximate surface area is 106 Å². The second-order valence-electron chi connectivity index (χ2n) is 4.84. The van der Waals surface area contributed by atoms with Crippen molar-refractivity contribution in [3.05, 3.63) is 0 Å². The average Bonchev–Trinajstić information content (AvgIpc) is 2.39. The van der Waals surface area contributed by atoms with E-state index in [0.29, 0.717) is 5.33 Å². The van der Waals surface area contributed by atoms with E-state index in [-0.39, 0.29) is 5.91 Å². The van der Waals surface area contributed by atoms with Gasteiger partial charge in [0.25, 0.3) is 0 Å². The van der Waals surface area contributed by atoms with Crippen molar-refractivity contribution in [3.8, 4) is 0 Å². The molecule has 2 fully saturated rings. The highest BCUT2D eigenvalue weighted by Gasteiger charge is 2.26. The lowest BCUT2D eigenvalue weighted by molar-refractivity contribution is -0.129. The van der Waals surface area contributed by atoms with E-state index in [1.807, 2.05) is 4.90 Å². The molecule has 4 heteroatoms. The fourth-order valence-corrected chi connectivity index (χ4v) is 3.20. The second kappa shape index (κ2) is 6.01. The van der Waals surface area contributed by atoms with Gasteiger partial charge in [-0.3, -0.25) is 4.79 Å². The number of hydrogen-bond acceptors (Lipinski definition) is 2. The van der Waals surface area contributed by atoms with Crippen molar-refractivity contribution in [1.82, 2.24) is 9.80 Å². The third-order valence-electron chi connectivity index (χ3n) is 3.84. The van der Waals surface area contributed by atoms with Crippen LogP contribution in [-0.4, -0.2) is 53.3 Å². The minimum Gasteiger partial charge on any atom is -0.342 e. The number of hydrogen-bond donors (Lipinski definition) is 0. The largest absolute Gasteiger partial charge is 0.342 e. The lowest BCUT2D eigenvalue weighted by atomic mass is 10.00. The van der Waals surface area contributed by atoms with Crippen molar-refractivity contribution in [2.24, 2.45) is 0 Å². The lowest BCUT2D eigenvalue weighted by Gasteiger charge is -2.40. The van der Waals surface area contributed by atoms with Crippen molar-refractivity contribution < 1.29 is 4.79 Å². The summed E-state index contributed by atoms with van der Waals surface area (Å²) >= 11 is 3.24. The molecule has 0 radical (unpaired) electrons. The molecule has 0 atom stereocenters. The zero-order chi connectivity index (χ0) is 11.4. The van der Waals surface area contributed by atoms with Gasteiger partial charge in [0.2, 0.25) is 5.91 Å². The fourth-order valence-electron chi connectivity index (χ4n) is 2.85. The number of piperidine rings is 2. The molecular weight excluding hydrogens is 268 g/mol. The van der Waals surface area contributed by atoms with Gasteiger partial charge in [0.15, 0.2) is 0 Å². The molecule has 2 aliphatic rings. The predicted octanol–water partition coefficient (Wildman–Crippen LogP) is 1.86. The van der Waals surface area contributed by atoms with E-state index in [1.54, 1.807) is 0 Å². The monoisotopic (exact) mass is 288 g/mol. The molecule has 0 aliphatic carbocycles. The first-order chi connectivity index (χ1) is 7.81. The molecule has 2 rings (SSSR count). The molecule has 2 saturated heterocycles. The van der Waals surface area contributed by atoms with Gasteiger partial charge >= 0.3 is 0 Å². The molecule has 0 saturated carbocycles. The molecule has 2 aliphatic heterocycles. The Hall–Kier alpha value is -0.0900. The highest BCUT2D eigenvalue weighted by Crippen LogP contribution is 2.20. The fraction of sp³-hybridized carbons (Fsp3) is 0.917. The van der Waals surface area contributed by atoms with Crippen LogP contribution in [0, 0.1) is 0 Å². The smallest absolute Gasteiger partial charge is 0.233 e. The van der Waals surface area contributed by atoms with Gasteiger partial charge in [0.05, 0.1) is 5.33 Å². The Kier molecular flexibility index (Phi) is 4.65. The number of nitrogens with zero attached hydrogens (tertiary/aromatic N) is 2. The molecule has 0 bridgehead atoms. The topological polar surface area (TPSA) is 23.6 Å². The molecule has 2 heterocycles. The van der Waals surface area contributed by atoms with Gasteiger partial charge < -0.3 is 9.80 Å². The average molecular weight is 289 g/mol. The summed E-state index contributed by atoms with van der Waals surface area (Å²) in [7, 11) is 0. The number of alkyl halides is 1. The Morgan fingerprint density at radius 1 is 1.06 bits per heavy atom. The van der Waals surface area contributed by atoms with E-state index in [1.165, 1.54) is 45.2 Å². The SMILES string of the molecule is O=C(CBr)N1CCC(N2CCCCC2)CC1. The summed E-state index contributed by atoms with van der Waals surface area (Å²) in [6.07, 6.45) is 6.45. The molecular formula is C12H21BrN2O. The summed E-state index contributed by atoms with van der Waals surface area (Å²) in [6, 6.07) is 0.736. The first-order valence-corrected chi connectivity index (χ1v) is 7.51. The van der Waals surface area contributed by atoms with E-state index in [0.717, 1.165) is 19.1 Å². The van der Waals surface area contributed by atoms with Gasteiger partial charge in [0, 0.05) is 19.1 Å². The molecule has 0 aromatic carbocycles. The van der Waals surface area contributed by atoms with Crippen LogP contribution in [0.25, 0.3) is 0 Å². The van der Waals surface area contributed by atoms with Crippen LogP contribution in [0.2, 0.25) is 0 Å². The second-order valence-corrected chi connectivity index (χ2v) is 5.40. The van der Waals surface area contributed by atoms with Crippen molar-refractivity contribution in [1.29, 1.82) is 0 Å². The van der Waals surface area contributed by atoms with Crippen molar-refractivity contribution in [3.63, 3.8) is 0 Å². The van der Waals surface area contributed by atoms with E-state index >= 15 is 0 Å². The third kappa shape index (κ3) is 2.98. The Bertz CT molecular complexity index is 233. The highest BCUT2D eigenvalue weighted by molar-refractivity contribution is 9.09. The van der Waals surface area contributed by atoms with Crippen molar-refractivity contribution in [2.75, 3.05) is 31.5 Å². The van der Waals surface area contributed by atoms with Crippen LogP contribution in [0.1, 0.15) is 32.1 Å². The zero-order valence-electron chi connectivity index (χ0n) is 9.83. The maximum atomic E-state index is 11.5. The number of rotatable bonds is 2. The van der Waals surface area contributed by atoms with Crippen LogP contribution in [0.3, 0.4) is 0 Å². The summed E-state index contributed by atoms with van der Waals surface area (Å²) in [4.78, 5) is 16.1. The van der Waals surface area contributed by atoms with Gasteiger partial charge in [0.1, 0.15) is 0 Å². The van der Waals surface area contributed by atoms with Gasteiger partial charge in [-0.25, -0.2) is 0 Å². The minimum absolute atomic E-state index is 0.247. The summed E-state index contributed by atoms with van der Waals surface area (Å²) in [5, 5.41) is 0.474. The van der Waals surface area contributed by atoms with Crippen LogP contribution in [0.5, 0.6) is 0 Å². The first-order valence-electron chi connectivity index (χ1n) is 6.39. The molecule has 0 N–H and O–H groups in total. The summed E-state index contributed by atoms with van der Waals surface area (Å²) in [5.74, 6) is 0.247. The normalized spacial score (nSPS) is 24.7. The number of carbonyl (C=O) groups is 1. The van der Waals surface area contributed by atoms with E-state index in [9.17, 15) is 4.79 Å². The van der Waals surface area contributed by atoms with Crippen molar-refractivity contribution >= 4 is 21.8 Å². The van der Waals surface area contributed by atoms with Gasteiger partial charge in [-0.15, -0.1) is 0 Å². The molecule has 92 valence electrons. The van der Waals surface area contributed by atoms with Crippen LogP contribution >= 0.6 is 15.9 Å². The number of likely N-dealkylation sites (tertiary alicyclic amines) is 2. The van der Waals surface area contributed by atoms with E-state index in [4.69, 9.17) is 0 Å². The Morgan fingerprint density at radius 3 is 2.25 bits per heavy atom. The quantitative estimate of drug-likeness (QED) is 0.724. The molecule has 0 aromatic rings. The van der Waals surface area contributed by atoms with E-state index < -0.39 is 0 Å². The molecule has 0 aromatic heterocycles. The summed E-state index contributed by atoms with van der Waals surface area (Å²) in [6.45, 7) is 4.45. The molecule has 16 heavy (non-hydrogen) atoms. The van der Waals surface area contributed by atoms with Crippen LogP contribution in [-0.2, 0) is 4.79 Å². The molecule has 0 unspecified atom stereocenters. The minimum atomic E-state index is 0.247. The van der Waals surface area contributed by atoms with Crippen LogP contribution in [0.4, 0.5) is 0 Å². The number of halogens is 1. The lowest BCUT2D eigenvalue weighted by Crippen LogP contribution is -2.48. The zero-order valence-corrected chi connectivity index (χ0v) is 11.4. The first kappa shape index (κ1) is 12.4. The maximum Gasteiger partial charge on any atom is 0.233 e. The molecule has 0 spiro atoms. The van der Waals surface area contributed by atoms with Gasteiger partial charge in [-0.1, -0.05) is 22.4 Å². The highest BCUT2D eigenvalue weighted by atomic mass is 79.9. The Balaban J connectivity index is 1.78. The number of amides is 1. The maximum absolute atomic E-state index is 11.5. The number of carbonyl (C=O) groups excluding carboxylic acids is 1. The van der Waals surface area contributed by atoms with Gasteiger partial charge in [-0.05, 0) is 38.8 Å². The van der Waals surface area contributed by atoms with E-state index in [2.05, 4.69) is 20.8 Å². The molecule has 3 nitrogen and oxygen atoms in total. The van der Waals surface area contributed by atoms with Crippen LogP contribution in [0.15, 0.2) is 0 Å². The summed E-state index contributed by atoms with van der Waals surface area (Å²) < 4.78 is 0. The van der Waals surface area contributed by atoms with Gasteiger partial charge in [-0.2, -0.15) is 0 Å². The summed E-state index contributed by atoms with van der Waals surface area (Å²) in [5.41, 5.74) is 0. The standard InChI is InChI=1S/C12H21BrN2O/c13-10-12(16)15-8-4-11(5-9-15)14-6-2-1-3-7-14/h11H,1-10H2. The molecule has 1 amide bonds.